The summed E-state index contributed by atoms with van der Waals surface area (Å²) in [5, 5.41) is 24.0. The van der Waals surface area contributed by atoms with E-state index in [4.69, 9.17) is 4.74 Å². The minimum Gasteiger partial charge on any atom is -0.481 e. The van der Waals surface area contributed by atoms with Crippen LogP contribution in [0, 0.1) is 11.3 Å². The van der Waals surface area contributed by atoms with Crippen LogP contribution in [0.3, 0.4) is 0 Å². The molecule has 6 nitrogen and oxygen atoms in total. The number of ether oxygens (including phenoxy) is 1. The Balaban J connectivity index is 2.17. The SMILES string of the molecule is COc1cc(C(=NO)c2ccc3c(c2)c(C#N)cn3C)cc(SC)n1. The largest absolute Gasteiger partial charge is 0.481 e. The van der Waals surface area contributed by atoms with Crippen molar-refractivity contribution in [3.63, 3.8) is 0 Å². The van der Waals surface area contributed by atoms with Crippen LogP contribution in [0.15, 0.2) is 46.7 Å². The summed E-state index contributed by atoms with van der Waals surface area (Å²) < 4.78 is 7.13. The number of aromatic nitrogens is 2. The molecule has 3 rings (SSSR count). The molecule has 0 aliphatic rings. The zero-order valence-corrected chi connectivity index (χ0v) is 14.8. The summed E-state index contributed by atoms with van der Waals surface area (Å²) in [6.45, 7) is 0. The molecule has 1 N–H and O–H groups in total. The lowest BCUT2D eigenvalue weighted by molar-refractivity contribution is 0.319. The fraction of sp³-hybridized carbons (Fsp3) is 0.167. The van der Waals surface area contributed by atoms with Crippen molar-refractivity contribution in [3.8, 4) is 11.9 Å². The third-order valence-corrected chi connectivity index (χ3v) is 4.58. The fourth-order valence-corrected chi connectivity index (χ4v) is 3.16. The summed E-state index contributed by atoms with van der Waals surface area (Å²) in [6, 6.07) is 11.4. The van der Waals surface area contributed by atoms with Gasteiger partial charge in [-0.05, 0) is 24.5 Å². The van der Waals surface area contributed by atoms with Crippen LogP contribution >= 0.6 is 11.8 Å². The molecule has 126 valence electrons. The predicted octanol–water partition coefficient (Wildman–Crippen LogP) is 3.40. The van der Waals surface area contributed by atoms with Crippen molar-refractivity contribution in [2.75, 3.05) is 13.4 Å². The van der Waals surface area contributed by atoms with Crippen molar-refractivity contribution in [2.24, 2.45) is 12.2 Å². The number of methoxy groups -OCH3 is 1. The zero-order valence-electron chi connectivity index (χ0n) is 14.0. The van der Waals surface area contributed by atoms with Gasteiger partial charge in [0.05, 0.1) is 12.7 Å². The maximum Gasteiger partial charge on any atom is 0.214 e. The Morgan fingerprint density at radius 1 is 1.32 bits per heavy atom. The molecule has 0 fully saturated rings. The molecule has 0 atom stereocenters. The number of rotatable bonds is 4. The van der Waals surface area contributed by atoms with Gasteiger partial charge in [0, 0.05) is 41.3 Å². The molecule has 1 aromatic carbocycles. The van der Waals surface area contributed by atoms with Gasteiger partial charge in [0.15, 0.2) is 0 Å². The van der Waals surface area contributed by atoms with Crippen LogP contribution in [0.1, 0.15) is 16.7 Å². The van der Waals surface area contributed by atoms with Crippen molar-refractivity contribution in [1.82, 2.24) is 9.55 Å². The molecule has 0 saturated heterocycles. The summed E-state index contributed by atoms with van der Waals surface area (Å²) in [5.74, 6) is 0.446. The fourth-order valence-electron chi connectivity index (χ4n) is 2.74. The van der Waals surface area contributed by atoms with E-state index < -0.39 is 0 Å². The van der Waals surface area contributed by atoms with E-state index in [1.807, 2.05) is 42.1 Å². The van der Waals surface area contributed by atoms with Gasteiger partial charge >= 0.3 is 0 Å². The lowest BCUT2D eigenvalue weighted by Crippen LogP contribution is -2.05. The van der Waals surface area contributed by atoms with E-state index in [1.165, 1.54) is 11.8 Å². The molecule has 2 aromatic heterocycles. The Labute approximate surface area is 149 Å². The normalized spacial score (nSPS) is 11.5. The minimum absolute atomic E-state index is 0.394. The Kier molecular flexibility index (Phi) is 4.63. The van der Waals surface area contributed by atoms with Crippen LogP contribution in [0.2, 0.25) is 0 Å². The van der Waals surface area contributed by atoms with Gasteiger partial charge in [0.1, 0.15) is 16.8 Å². The standard InChI is InChI=1S/C18H16N4O2S/c1-22-10-13(9-19)14-6-11(4-5-15(14)22)18(21-23)12-7-16(24-2)20-17(8-12)25-3/h4-8,10,23H,1-3H3. The summed E-state index contributed by atoms with van der Waals surface area (Å²) in [4.78, 5) is 4.32. The molecule has 0 unspecified atom stereocenters. The van der Waals surface area contributed by atoms with E-state index in [1.54, 1.807) is 19.4 Å². The van der Waals surface area contributed by atoms with Gasteiger partial charge in [-0.15, -0.1) is 11.8 Å². The first-order valence-corrected chi connectivity index (χ1v) is 8.65. The van der Waals surface area contributed by atoms with Crippen molar-refractivity contribution in [3.05, 3.63) is 53.2 Å². The molecular formula is C18H16N4O2S. The van der Waals surface area contributed by atoms with Gasteiger partial charge in [0.2, 0.25) is 5.88 Å². The summed E-state index contributed by atoms with van der Waals surface area (Å²) in [7, 11) is 3.43. The number of hydrogen-bond donors (Lipinski definition) is 1. The zero-order chi connectivity index (χ0) is 18.0. The van der Waals surface area contributed by atoms with Gasteiger partial charge in [-0.25, -0.2) is 4.98 Å². The molecule has 7 heteroatoms. The van der Waals surface area contributed by atoms with Gasteiger partial charge in [-0.2, -0.15) is 5.26 Å². The van der Waals surface area contributed by atoms with Crippen LogP contribution < -0.4 is 4.74 Å². The van der Waals surface area contributed by atoms with Gasteiger partial charge in [-0.1, -0.05) is 11.2 Å². The first-order valence-electron chi connectivity index (χ1n) is 7.43. The maximum atomic E-state index is 9.61. The highest BCUT2D eigenvalue weighted by atomic mass is 32.2. The Bertz CT molecular complexity index is 996. The molecule has 3 aromatic rings. The van der Waals surface area contributed by atoms with Crippen molar-refractivity contribution < 1.29 is 9.94 Å². The molecule has 2 heterocycles. The quantitative estimate of drug-likeness (QED) is 0.337. The van der Waals surface area contributed by atoms with Crippen LogP contribution in [0.4, 0.5) is 0 Å². The smallest absolute Gasteiger partial charge is 0.214 e. The third-order valence-electron chi connectivity index (χ3n) is 3.95. The first kappa shape index (κ1) is 16.9. The average Bonchev–Trinajstić information content (AvgIpc) is 2.97. The maximum absolute atomic E-state index is 9.61. The Morgan fingerprint density at radius 2 is 2.12 bits per heavy atom. The number of hydrogen-bond acceptors (Lipinski definition) is 6. The second kappa shape index (κ2) is 6.87. The van der Waals surface area contributed by atoms with E-state index in [9.17, 15) is 10.5 Å². The number of fused-ring (bicyclic) bond motifs is 1. The second-order valence-corrected chi connectivity index (χ2v) is 6.21. The van der Waals surface area contributed by atoms with E-state index in [0.717, 1.165) is 15.9 Å². The topological polar surface area (TPSA) is 83.4 Å². The third kappa shape index (κ3) is 3.04. The van der Waals surface area contributed by atoms with Gasteiger partial charge < -0.3 is 14.5 Å². The van der Waals surface area contributed by atoms with Gasteiger partial charge in [0.25, 0.3) is 0 Å². The van der Waals surface area contributed by atoms with Crippen LogP contribution in [-0.2, 0) is 7.05 Å². The number of thioether (sulfide) groups is 1. The Morgan fingerprint density at radius 3 is 2.76 bits per heavy atom. The summed E-state index contributed by atoms with van der Waals surface area (Å²) >= 11 is 1.47. The van der Waals surface area contributed by atoms with E-state index in [2.05, 4.69) is 16.2 Å². The van der Waals surface area contributed by atoms with Gasteiger partial charge in [-0.3, -0.25) is 0 Å². The lowest BCUT2D eigenvalue weighted by Gasteiger charge is -2.09. The minimum atomic E-state index is 0.394. The predicted molar refractivity (Wildman–Crippen MR) is 97.6 cm³/mol. The molecule has 0 spiro atoms. The second-order valence-electron chi connectivity index (χ2n) is 5.39. The van der Waals surface area contributed by atoms with E-state index in [-0.39, 0.29) is 0 Å². The first-order chi connectivity index (χ1) is 12.1. The number of nitrogens with zero attached hydrogens (tertiary/aromatic N) is 4. The van der Waals surface area contributed by atoms with Crippen molar-refractivity contribution in [1.29, 1.82) is 5.26 Å². The Hall–Kier alpha value is -2.98. The number of aryl methyl sites for hydroxylation is 1. The molecule has 0 bridgehead atoms. The summed E-state index contributed by atoms with van der Waals surface area (Å²) in [5.41, 5.74) is 3.31. The lowest BCUT2D eigenvalue weighted by atomic mass is 10.0. The van der Waals surface area contributed by atoms with Crippen molar-refractivity contribution in [2.45, 2.75) is 5.03 Å². The average molecular weight is 352 g/mol. The highest BCUT2D eigenvalue weighted by Gasteiger charge is 2.14. The molecule has 0 aliphatic carbocycles. The highest BCUT2D eigenvalue weighted by Crippen LogP contribution is 2.25. The van der Waals surface area contributed by atoms with Crippen LogP contribution in [0.5, 0.6) is 5.88 Å². The number of oxime groups is 1. The molecule has 0 amide bonds. The van der Waals surface area contributed by atoms with Crippen molar-refractivity contribution >= 4 is 28.4 Å². The van der Waals surface area contributed by atoms with Crippen LogP contribution in [-0.4, -0.2) is 33.8 Å². The van der Waals surface area contributed by atoms with E-state index >= 15 is 0 Å². The molecule has 0 saturated carbocycles. The van der Waals surface area contributed by atoms with E-state index in [0.29, 0.717) is 28.3 Å². The number of nitriles is 1. The van der Waals surface area contributed by atoms with Crippen LogP contribution in [0.25, 0.3) is 10.9 Å². The molecule has 0 aliphatic heterocycles. The molecule has 0 radical (unpaired) electrons. The molecular weight excluding hydrogens is 336 g/mol. The highest BCUT2D eigenvalue weighted by molar-refractivity contribution is 7.98. The number of benzene rings is 1. The molecule has 25 heavy (non-hydrogen) atoms. The number of pyridine rings is 1. The monoisotopic (exact) mass is 352 g/mol. The summed E-state index contributed by atoms with van der Waals surface area (Å²) in [6.07, 6.45) is 3.70.